The van der Waals surface area contributed by atoms with Gasteiger partial charge in [0, 0.05) is 15.7 Å². The van der Waals surface area contributed by atoms with E-state index in [4.69, 9.17) is 16.7 Å². The van der Waals surface area contributed by atoms with Crippen molar-refractivity contribution in [3.8, 4) is 0 Å². The molecule has 0 aliphatic heterocycles. The fourth-order valence-corrected chi connectivity index (χ4v) is 1.97. The van der Waals surface area contributed by atoms with E-state index >= 15 is 0 Å². The van der Waals surface area contributed by atoms with Crippen molar-refractivity contribution in [2.45, 2.75) is 6.92 Å². The number of aromatic nitrogens is 2. The van der Waals surface area contributed by atoms with Crippen molar-refractivity contribution in [2.75, 3.05) is 5.32 Å². The Hall–Kier alpha value is -1.66. The molecule has 2 rings (SSSR count). The molecule has 0 bridgehead atoms. The molecule has 0 amide bonds. The smallest absolute Gasteiger partial charge is 0.339 e. The van der Waals surface area contributed by atoms with E-state index in [2.05, 4.69) is 31.2 Å². The summed E-state index contributed by atoms with van der Waals surface area (Å²) in [5.41, 5.74) is 1.17. The summed E-state index contributed by atoms with van der Waals surface area (Å²) >= 11 is 9.28. The molecule has 0 atom stereocenters. The van der Waals surface area contributed by atoms with Gasteiger partial charge in [-0.15, -0.1) is 0 Å². The van der Waals surface area contributed by atoms with Crippen LogP contribution in [-0.4, -0.2) is 21.0 Å². The molecule has 0 fully saturated rings. The standard InChI is InChI=1S/C12H9BrClN3O2/c1-6-8(11(18)19)5-15-12(16-6)17-10-4-7(14)2-3-9(10)13/h2-5H,1H3,(H,18,19)(H,15,16,17). The number of nitrogens with one attached hydrogen (secondary N) is 1. The molecule has 7 heteroatoms. The zero-order valence-electron chi connectivity index (χ0n) is 9.82. The van der Waals surface area contributed by atoms with Crippen LogP contribution in [0.1, 0.15) is 16.1 Å². The quantitative estimate of drug-likeness (QED) is 0.890. The van der Waals surface area contributed by atoms with Gasteiger partial charge in [-0.2, -0.15) is 0 Å². The summed E-state index contributed by atoms with van der Waals surface area (Å²) < 4.78 is 0.806. The highest BCUT2D eigenvalue weighted by Gasteiger charge is 2.10. The molecule has 5 nitrogen and oxygen atoms in total. The summed E-state index contributed by atoms with van der Waals surface area (Å²) in [6.07, 6.45) is 1.27. The highest BCUT2D eigenvalue weighted by molar-refractivity contribution is 9.10. The number of carboxylic acid groups (broad SMARTS) is 1. The zero-order chi connectivity index (χ0) is 14.0. The SMILES string of the molecule is Cc1nc(Nc2cc(Cl)ccc2Br)ncc1C(=O)O. The Morgan fingerprint density at radius 1 is 1.47 bits per heavy atom. The van der Waals surface area contributed by atoms with Gasteiger partial charge in [0.1, 0.15) is 0 Å². The average molecular weight is 343 g/mol. The second-order valence-corrected chi connectivity index (χ2v) is 5.04. The van der Waals surface area contributed by atoms with Gasteiger partial charge in [-0.1, -0.05) is 11.6 Å². The molecular formula is C12H9BrClN3O2. The lowest BCUT2D eigenvalue weighted by atomic mass is 10.2. The van der Waals surface area contributed by atoms with Crippen LogP contribution in [0.2, 0.25) is 5.02 Å². The van der Waals surface area contributed by atoms with E-state index in [1.54, 1.807) is 25.1 Å². The molecule has 1 aromatic heterocycles. The number of benzene rings is 1. The second kappa shape index (κ2) is 5.54. The number of anilines is 2. The fourth-order valence-electron chi connectivity index (χ4n) is 1.45. The highest BCUT2D eigenvalue weighted by atomic mass is 79.9. The first-order valence-electron chi connectivity index (χ1n) is 5.26. The summed E-state index contributed by atoms with van der Waals surface area (Å²) in [6.45, 7) is 1.61. The summed E-state index contributed by atoms with van der Waals surface area (Å²) in [6, 6.07) is 5.26. The first-order valence-corrected chi connectivity index (χ1v) is 6.43. The lowest BCUT2D eigenvalue weighted by molar-refractivity contribution is 0.0695. The first kappa shape index (κ1) is 13.8. The third kappa shape index (κ3) is 3.21. The monoisotopic (exact) mass is 341 g/mol. The van der Waals surface area contributed by atoms with E-state index in [1.165, 1.54) is 6.20 Å². The number of aromatic carboxylic acids is 1. The van der Waals surface area contributed by atoms with Gasteiger partial charge >= 0.3 is 5.97 Å². The Kier molecular flexibility index (Phi) is 4.01. The van der Waals surface area contributed by atoms with Gasteiger partial charge in [0.15, 0.2) is 0 Å². The van der Waals surface area contributed by atoms with Crippen molar-refractivity contribution in [3.63, 3.8) is 0 Å². The number of halogens is 2. The van der Waals surface area contributed by atoms with Crippen LogP contribution in [0, 0.1) is 6.92 Å². The first-order chi connectivity index (χ1) is 8.97. The Labute approximate surface area is 122 Å². The number of rotatable bonds is 3. The third-order valence-corrected chi connectivity index (χ3v) is 3.31. The minimum atomic E-state index is -1.05. The van der Waals surface area contributed by atoms with Crippen molar-refractivity contribution >= 4 is 45.1 Å². The van der Waals surface area contributed by atoms with Crippen LogP contribution >= 0.6 is 27.5 Å². The van der Waals surface area contributed by atoms with Crippen molar-refractivity contribution in [1.29, 1.82) is 0 Å². The molecule has 19 heavy (non-hydrogen) atoms. The summed E-state index contributed by atoms with van der Waals surface area (Å²) in [4.78, 5) is 18.9. The van der Waals surface area contributed by atoms with Crippen molar-refractivity contribution in [2.24, 2.45) is 0 Å². The third-order valence-electron chi connectivity index (χ3n) is 2.38. The second-order valence-electron chi connectivity index (χ2n) is 3.75. The number of hydrogen-bond acceptors (Lipinski definition) is 4. The van der Waals surface area contributed by atoms with Gasteiger partial charge < -0.3 is 10.4 Å². The van der Waals surface area contributed by atoms with E-state index in [1.807, 2.05) is 0 Å². The number of aryl methyl sites for hydroxylation is 1. The van der Waals surface area contributed by atoms with E-state index in [0.717, 1.165) is 4.47 Å². The van der Waals surface area contributed by atoms with E-state index < -0.39 is 5.97 Å². The highest BCUT2D eigenvalue weighted by Crippen LogP contribution is 2.27. The maximum atomic E-state index is 10.9. The number of carbonyl (C=O) groups is 1. The molecule has 0 saturated carbocycles. The van der Waals surface area contributed by atoms with Gasteiger partial charge in [-0.25, -0.2) is 14.8 Å². The zero-order valence-corrected chi connectivity index (χ0v) is 12.2. The van der Waals surface area contributed by atoms with E-state index in [9.17, 15) is 4.79 Å². The van der Waals surface area contributed by atoms with Crippen molar-refractivity contribution < 1.29 is 9.90 Å². The Balaban J connectivity index is 2.31. The normalized spacial score (nSPS) is 10.3. The molecule has 98 valence electrons. The predicted molar refractivity (Wildman–Crippen MR) is 76.2 cm³/mol. The molecule has 0 saturated heterocycles. The van der Waals surface area contributed by atoms with Gasteiger partial charge in [0.25, 0.3) is 0 Å². The minimum absolute atomic E-state index is 0.0794. The molecule has 0 spiro atoms. The maximum Gasteiger partial charge on any atom is 0.339 e. The largest absolute Gasteiger partial charge is 0.478 e. The Bertz CT molecular complexity index is 649. The molecule has 0 aliphatic carbocycles. The van der Waals surface area contributed by atoms with Crippen LogP contribution in [0.25, 0.3) is 0 Å². The van der Waals surface area contributed by atoms with Crippen molar-refractivity contribution in [1.82, 2.24) is 9.97 Å². The average Bonchev–Trinajstić information content (AvgIpc) is 2.33. The summed E-state index contributed by atoms with van der Waals surface area (Å²) in [5.74, 6) is -0.738. The lowest BCUT2D eigenvalue weighted by Gasteiger charge is -2.08. The summed E-state index contributed by atoms with van der Waals surface area (Å²) in [5, 5.41) is 12.4. The summed E-state index contributed by atoms with van der Waals surface area (Å²) in [7, 11) is 0. The van der Waals surface area contributed by atoms with Crippen LogP contribution in [0.5, 0.6) is 0 Å². The van der Waals surface area contributed by atoms with E-state index in [-0.39, 0.29) is 5.56 Å². The van der Waals surface area contributed by atoms with Crippen LogP contribution in [-0.2, 0) is 0 Å². The molecular weight excluding hydrogens is 334 g/mol. The Morgan fingerprint density at radius 3 is 2.84 bits per heavy atom. The van der Waals surface area contributed by atoms with Crippen LogP contribution in [0.3, 0.4) is 0 Å². The van der Waals surface area contributed by atoms with E-state index in [0.29, 0.717) is 22.4 Å². The van der Waals surface area contributed by atoms with Crippen LogP contribution in [0.4, 0.5) is 11.6 Å². The number of hydrogen-bond donors (Lipinski definition) is 2. The molecule has 0 unspecified atom stereocenters. The van der Waals surface area contributed by atoms with Gasteiger partial charge in [0.2, 0.25) is 5.95 Å². The lowest BCUT2D eigenvalue weighted by Crippen LogP contribution is -2.06. The molecule has 0 aliphatic rings. The molecule has 1 heterocycles. The fraction of sp³-hybridized carbons (Fsp3) is 0.0833. The van der Waals surface area contributed by atoms with Gasteiger partial charge in [-0.05, 0) is 41.1 Å². The van der Waals surface area contributed by atoms with Crippen LogP contribution < -0.4 is 5.32 Å². The molecule has 1 aromatic carbocycles. The maximum absolute atomic E-state index is 10.9. The minimum Gasteiger partial charge on any atom is -0.478 e. The number of carboxylic acids is 1. The molecule has 2 aromatic rings. The van der Waals surface area contributed by atoms with Crippen LogP contribution in [0.15, 0.2) is 28.9 Å². The predicted octanol–water partition coefficient (Wildman–Crippen LogP) is 3.64. The Morgan fingerprint density at radius 2 is 2.21 bits per heavy atom. The van der Waals surface area contributed by atoms with Crippen molar-refractivity contribution in [3.05, 3.63) is 45.1 Å². The molecule has 0 radical (unpaired) electrons. The number of nitrogens with zero attached hydrogens (tertiary/aromatic N) is 2. The molecule has 2 N–H and O–H groups in total. The van der Waals surface area contributed by atoms with Gasteiger partial charge in [0.05, 0.1) is 16.9 Å². The van der Waals surface area contributed by atoms with Gasteiger partial charge in [-0.3, -0.25) is 0 Å². The topological polar surface area (TPSA) is 75.1 Å².